The summed E-state index contributed by atoms with van der Waals surface area (Å²) in [5.41, 5.74) is 4.23. The molecular weight excluding hydrogens is 310 g/mol. The Bertz CT molecular complexity index is 638. The zero-order valence-corrected chi connectivity index (χ0v) is 14.9. The highest BCUT2D eigenvalue weighted by Gasteiger charge is 2.17. The van der Waals surface area contributed by atoms with Gasteiger partial charge in [-0.05, 0) is 43.0 Å². The first kappa shape index (κ1) is 17.5. The third-order valence-corrected chi connectivity index (χ3v) is 4.42. The van der Waals surface area contributed by atoms with Crippen molar-refractivity contribution in [1.82, 2.24) is 4.98 Å². The molecule has 0 spiro atoms. The molecule has 1 heterocycles. The Kier molecular flexibility index (Phi) is 6.16. The zero-order valence-electron chi connectivity index (χ0n) is 14.0. The molecule has 23 heavy (non-hydrogen) atoms. The van der Waals surface area contributed by atoms with Crippen LogP contribution in [0.3, 0.4) is 0 Å². The van der Waals surface area contributed by atoms with E-state index < -0.39 is 6.10 Å². The lowest BCUT2D eigenvalue weighted by Gasteiger charge is -2.16. The maximum Gasteiger partial charge on any atom is 0.347 e. The molecule has 2 aromatic rings. The predicted molar refractivity (Wildman–Crippen MR) is 92.1 cm³/mol. The number of hydrogen-bond acceptors (Lipinski definition) is 5. The molecule has 1 unspecified atom stereocenters. The maximum absolute atomic E-state index is 12.0. The maximum atomic E-state index is 12.0. The summed E-state index contributed by atoms with van der Waals surface area (Å²) in [4.78, 5) is 17.1. The van der Waals surface area contributed by atoms with Gasteiger partial charge in [0.05, 0.1) is 12.1 Å². The molecule has 0 saturated carbocycles. The lowest BCUT2D eigenvalue weighted by Crippen LogP contribution is -2.26. The van der Waals surface area contributed by atoms with E-state index in [1.807, 2.05) is 12.1 Å². The largest absolute Gasteiger partial charge is 0.479 e. The minimum atomic E-state index is -0.624. The lowest BCUT2D eigenvalue weighted by atomic mass is 9.98. The molecule has 4 nitrogen and oxygen atoms in total. The molecule has 0 amide bonds. The van der Waals surface area contributed by atoms with Gasteiger partial charge in [0.1, 0.15) is 5.75 Å². The summed E-state index contributed by atoms with van der Waals surface area (Å²) in [5.74, 6) is 0.817. The number of esters is 1. The van der Waals surface area contributed by atoms with Crippen molar-refractivity contribution in [3.05, 3.63) is 45.9 Å². The van der Waals surface area contributed by atoms with Crippen molar-refractivity contribution in [1.29, 1.82) is 0 Å². The molecule has 0 fully saturated rings. The van der Waals surface area contributed by atoms with Crippen molar-refractivity contribution in [3.8, 4) is 5.75 Å². The molecule has 0 N–H and O–H groups in total. The summed E-state index contributed by atoms with van der Waals surface area (Å²) in [6, 6.07) is 5.93. The van der Waals surface area contributed by atoms with Crippen LogP contribution in [0.25, 0.3) is 0 Å². The van der Waals surface area contributed by atoms with Crippen molar-refractivity contribution in [2.75, 3.05) is 6.61 Å². The van der Waals surface area contributed by atoms with E-state index in [1.165, 1.54) is 11.1 Å². The molecule has 5 heteroatoms. The summed E-state index contributed by atoms with van der Waals surface area (Å²) in [5, 5.41) is 0. The highest BCUT2D eigenvalue weighted by atomic mass is 32.1. The minimum absolute atomic E-state index is 0.347. The third kappa shape index (κ3) is 5.06. The van der Waals surface area contributed by atoms with Crippen LogP contribution in [0, 0.1) is 6.92 Å². The van der Waals surface area contributed by atoms with Gasteiger partial charge in [-0.1, -0.05) is 19.9 Å². The van der Waals surface area contributed by atoms with Crippen molar-refractivity contribution in [2.24, 2.45) is 0 Å². The standard InChI is InChI=1S/C18H23NO3S/c1-12(2)17-6-5-15(9-13(17)3)22-14(4)18(20)21-8-7-16-10-19-11-23-16/h5-6,9-12,14H,7-8H2,1-4H3. The SMILES string of the molecule is Cc1cc(OC(C)C(=O)OCCc2cncs2)ccc1C(C)C. The van der Waals surface area contributed by atoms with Gasteiger partial charge in [-0.3, -0.25) is 4.98 Å². The number of benzene rings is 1. The molecule has 0 bridgehead atoms. The predicted octanol–water partition coefficient (Wildman–Crippen LogP) is 4.13. The van der Waals surface area contributed by atoms with Gasteiger partial charge >= 0.3 is 5.97 Å². The fraction of sp³-hybridized carbons (Fsp3) is 0.444. The number of rotatable bonds is 7. The number of thiazole rings is 1. The first-order valence-electron chi connectivity index (χ1n) is 7.78. The monoisotopic (exact) mass is 333 g/mol. The summed E-state index contributed by atoms with van der Waals surface area (Å²) < 4.78 is 11.0. The normalized spacial score (nSPS) is 12.2. The Morgan fingerprint density at radius 2 is 2.09 bits per heavy atom. The number of aryl methyl sites for hydroxylation is 1. The van der Waals surface area contributed by atoms with Crippen LogP contribution in [-0.2, 0) is 16.0 Å². The smallest absolute Gasteiger partial charge is 0.347 e. The van der Waals surface area contributed by atoms with Crippen LogP contribution >= 0.6 is 11.3 Å². The first-order chi connectivity index (χ1) is 11.0. The van der Waals surface area contributed by atoms with Gasteiger partial charge in [-0.25, -0.2) is 4.79 Å². The van der Waals surface area contributed by atoms with E-state index in [0.717, 1.165) is 4.88 Å². The van der Waals surface area contributed by atoms with Crippen molar-refractivity contribution in [2.45, 2.75) is 46.1 Å². The van der Waals surface area contributed by atoms with Crippen molar-refractivity contribution >= 4 is 17.3 Å². The van der Waals surface area contributed by atoms with Gasteiger partial charge in [0.2, 0.25) is 0 Å². The molecule has 0 aliphatic carbocycles. The number of nitrogens with zero attached hydrogens (tertiary/aromatic N) is 1. The summed E-state index contributed by atoms with van der Waals surface area (Å²) in [6.07, 6.45) is 1.85. The summed E-state index contributed by atoms with van der Waals surface area (Å²) in [6.45, 7) is 8.43. The Labute approximate surface area is 141 Å². The fourth-order valence-corrected chi connectivity index (χ4v) is 2.94. The van der Waals surface area contributed by atoms with Crippen LogP contribution in [0.4, 0.5) is 0 Å². The second kappa shape index (κ2) is 8.11. The first-order valence-corrected chi connectivity index (χ1v) is 8.66. The number of carbonyl (C=O) groups excluding carboxylic acids is 1. The number of ether oxygens (including phenoxy) is 2. The second-order valence-electron chi connectivity index (χ2n) is 5.82. The number of carbonyl (C=O) groups is 1. The molecule has 1 aromatic heterocycles. The van der Waals surface area contributed by atoms with Gasteiger partial charge < -0.3 is 9.47 Å². The average Bonchev–Trinajstić information content (AvgIpc) is 3.00. The van der Waals surface area contributed by atoms with E-state index in [2.05, 4.69) is 31.8 Å². The Hall–Kier alpha value is -1.88. The van der Waals surface area contributed by atoms with Crippen LogP contribution in [0.1, 0.15) is 42.7 Å². The topological polar surface area (TPSA) is 48.4 Å². The van der Waals surface area contributed by atoms with Gasteiger partial charge in [-0.2, -0.15) is 0 Å². The highest BCUT2D eigenvalue weighted by Crippen LogP contribution is 2.24. The van der Waals surface area contributed by atoms with Gasteiger partial charge in [0, 0.05) is 17.5 Å². The van der Waals surface area contributed by atoms with Crippen LogP contribution in [-0.4, -0.2) is 23.7 Å². The molecule has 0 aliphatic rings. The van der Waals surface area contributed by atoms with Crippen LogP contribution < -0.4 is 4.74 Å². The number of aromatic nitrogens is 1. The van der Waals surface area contributed by atoms with Gasteiger partial charge in [-0.15, -0.1) is 11.3 Å². The van der Waals surface area contributed by atoms with Crippen LogP contribution in [0.15, 0.2) is 29.9 Å². The van der Waals surface area contributed by atoms with E-state index in [9.17, 15) is 4.79 Å². The molecule has 1 aromatic carbocycles. The van der Waals surface area contributed by atoms with E-state index in [0.29, 0.717) is 24.7 Å². The van der Waals surface area contributed by atoms with E-state index >= 15 is 0 Å². The van der Waals surface area contributed by atoms with Crippen LogP contribution in [0.5, 0.6) is 5.75 Å². The quantitative estimate of drug-likeness (QED) is 0.715. The molecule has 1 atom stereocenters. The summed E-state index contributed by atoms with van der Waals surface area (Å²) >= 11 is 1.56. The highest BCUT2D eigenvalue weighted by molar-refractivity contribution is 7.09. The van der Waals surface area contributed by atoms with E-state index in [4.69, 9.17) is 9.47 Å². The Morgan fingerprint density at radius 3 is 2.70 bits per heavy atom. The van der Waals surface area contributed by atoms with E-state index in [1.54, 1.807) is 30.0 Å². The van der Waals surface area contributed by atoms with Gasteiger partial charge in [0.15, 0.2) is 6.10 Å². The zero-order chi connectivity index (χ0) is 16.8. The van der Waals surface area contributed by atoms with Crippen molar-refractivity contribution < 1.29 is 14.3 Å². The summed E-state index contributed by atoms with van der Waals surface area (Å²) in [7, 11) is 0. The molecule has 0 aliphatic heterocycles. The third-order valence-electron chi connectivity index (χ3n) is 3.58. The molecule has 124 valence electrons. The van der Waals surface area contributed by atoms with E-state index in [-0.39, 0.29) is 5.97 Å². The number of hydrogen-bond donors (Lipinski definition) is 0. The molecule has 2 rings (SSSR count). The molecular formula is C18H23NO3S. The molecule has 0 radical (unpaired) electrons. The van der Waals surface area contributed by atoms with Gasteiger partial charge in [0.25, 0.3) is 0 Å². The minimum Gasteiger partial charge on any atom is -0.479 e. The van der Waals surface area contributed by atoms with Crippen LogP contribution in [0.2, 0.25) is 0 Å². The average molecular weight is 333 g/mol. The van der Waals surface area contributed by atoms with Crippen molar-refractivity contribution in [3.63, 3.8) is 0 Å². The Morgan fingerprint density at radius 1 is 1.30 bits per heavy atom. The molecule has 0 saturated heterocycles. The fourth-order valence-electron chi connectivity index (χ4n) is 2.36. The second-order valence-corrected chi connectivity index (χ2v) is 6.79. The Balaban J connectivity index is 1.84. The lowest BCUT2D eigenvalue weighted by molar-refractivity contribution is -0.150.